The van der Waals surface area contributed by atoms with Crippen LogP contribution in [0.5, 0.6) is 0 Å². The van der Waals surface area contributed by atoms with E-state index >= 15 is 0 Å². The van der Waals surface area contributed by atoms with Crippen LogP contribution in [-0.4, -0.2) is 20.4 Å². The first-order valence-electron chi connectivity index (χ1n) is 9.75. The van der Waals surface area contributed by atoms with Crippen molar-refractivity contribution in [2.75, 3.05) is 4.90 Å². The highest BCUT2D eigenvalue weighted by atomic mass is 32.1. The summed E-state index contributed by atoms with van der Waals surface area (Å²) in [5, 5.41) is 0.570. The number of carbonyl (C=O) groups is 1. The van der Waals surface area contributed by atoms with Crippen molar-refractivity contribution >= 4 is 43.7 Å². The molecule has 3 heterocycles. The van der Waals surface area contributed by atoms with Crippen LogP contribution in [0, 0.1) is 6.92 Å². The molecule has 0 radical (unpaired) electrons. The predicted octanol–water partition coefficient (Wildman–Crippen LogP) is 4.14. The number of anilines is 1. The standard InChI is InChI=1S/C23H18N4O3S/c1-15-7-6-11-19-21(15)25-22(31-19)27(13-16-8-4-5-12-24-16)20(28)14-26-17-9-2-3-10-18(17)30-23(26)29/h2-12H,13-14H2,1H3. The molecule has 5 aromatic rings. The monoisotopic (exact) mass is 430 g/mol. The lowest BCUT2D eigenvalue weighted by molar-refractivity contribution is -0.119. The third-order valence-corrected chi connectivity index (χ3v) is 6.10. The van der Waals surface area contributed by atoms with Gasteiger partial charge in [0.05, 0.1) is 28.0 Å². The number of carbonyl (C=O) groups excluding carboxylic acids is 1. The Morgan fingerprint density at radius 3 is 2.74 bits per heavy atom. The van der Waals surface area contributed by atoms with Gasteiger partial charge in [0.15, 0.2) is 10.7 Å². The SMILES string of the molecule is Cc1cccc2sc(N(Cc3ccccn3)C(=O)Cn3c(=O)oc4ccccc43)nc12. The highest BCUT2D eigenvalue weighted by Gasteiger charge is 2.23. The second kappa shape index (κ2) is 7.81. The molecule has 7 nitrogen and oxygen atoms in total. The maximum atomic E-state index is 13.4. The molecule has 1 amide bonds. The molecule has 0 N–H and O–H groups in total. The average Bonchev–Trinajstić information content (AvgIpc) is 3.35. The summed E-state index contributed by atoms with van der Waals surface area (Å²) in [7, 11) is 0. The van der Waals surface area contributed by atoms with Crippen LogP contribution < -0.4 is 10.7 Å². The minimum Gasteiger partial charge on any atom is -0.408 e. The van der Waals surface area contributed by atoms with Crippen LogP contribution in [0.2, 0.25) is 0 Å². The van der Waals surface area contributed by atoms with Gasteiger partial charge in [0.25, 0.3) is 0 Å². The van der Waals surface area contributed by atoms with E-state index in [1.54, 1.807) is 35.4 Å². The van der Waals surface area contributed by atoms with Crippen molar-refractivity contribution in [1.82, 2.24) is 14.5 Å². The maximum absolute atomic E-state index is 13.4. The van der Waals surface area contributed by atoms with Crippen LogP contribution in [0.3, 0.4) is 0 Å². The van der Waals surface area contributed by atoms with E-state index in [9.17, 15) is 9.59 Å². The Hall–Kier alpha value is -3.78. The number of amides is 1. The molecule has 2 aromatic carbocycles. The van der Waals surface area contributed by atoms with Crippen LogP contribution in [-0.2, 0) is 17.9 Å². The number of aryl methyl sites for hydroxylation is 1. The van der Waals surface area contributed by atoms with Crippen LogP contribution >= 0.6 is 11.3 Å². The summed E-state index contributed by atoms with van der Waals surface area (Å²) >= 11 is 1.44. The predicted molar refractivity (Wildman–Crippen MR) is 120 cm³/mol. The van der Waals surface area contributed by atoms with E-state index in [1.165, 1.54) is 15.9 Å². The van der Waals surface area contributed by atoms with Gasteiger partial charge in [-0.05, 0) is 42.8 Å². The molecule has 0 unspecified atom stereocenters. The smallest absolute Gasteiger partial charge is 0.408 e. The lowest BCUT2D eigenvalue weighted by atomic mass is 10.2. The van der Waals surface area contributed by atoms with Gasteiger partial charge in [-0.3, -0.25) is 19.2 Å². The molecule has 3 aromatic heterocycles. The molecule has 0 saturated heterocycles. The number of nitrogens with zero attached hydrogens (tertiary/aromatic N) is 4. The number of rotatable bonds is 5. The topological polar surface area (TPSA) is 81.2 Å². The maximum Gasteiger partial charge on any atom is 0.420 e. The van der Waals surface area contributed by atoms with Crippen molar-refractivity contribution in [1.29, 1.82) is 0 Å². The minimum atomic E-state index is -0.563. The summed E-state index contributed by atoms with van der Waals surface area (Å²) in [5.41, 5.74) is 3.68. The highest BCUT2D eigenvalue weighted by Crippen LogP contribution is 2.31. The summed E-state index contributed by atoms with van der Waals surface area (Å²) in [4.78, 5) is 36.5. The zero-order chi connectivity index (χ0) is 21.4. The van der Waals surface area contributed by atoms with Gasteiger partial charge in [0.2, 0.25) is 5.91 Å². The zero-order valence-electron chi connectivity index (χ0n) is 16.7. The fourth-order valence-corrected chi connectivity index (χ4v) is 4.55. The van der Waals surface area contributed by atoms with Crippen LogP contribution in [0.15, 0.2) is 76.1 Å². The lowest BCUT2D eigenvalue weighted by Crippen LogP contribution is -2.35. The molecule has 0 aliphatic rings. The van der Waals surface area contributed by atoms with Crippen molar-refractivity contribution in [2.24, 2.45) is 0 Å². The highest BCUT2D eigenvalue weighted by molar-refractivity contribution is 7.22. The number of oxazole rings is 1. The first-order valence-corrected chi connectivity index (χ1v) is 10.6. The Kier molecular flexibility index (Phi) is 4.83. The third-order valence-electron chi connectivity index (χ3n) is 5.05. The van der Waals surface area contributed by atoms with E-state index in [0.29, 0.717) is 16.2 Å². The van der Waals surface area contributed by atoms with E-state index < -0.39 is 5.76 Å². The Bertz CT molecular complexity index is 1450. The van der Waals surface area contributed by atoms with Crippen LogP contribution in [0.1, 0.15) is 11.3 Å². The minimum absolute atomic E-state index is 0.155. The molecule has 154 valence electrons. The Labute approximate surface area is 181 Å². The summed E-state index contributed by atoms with van der Waals surface area (Å²) in [5.74, 6) is -0.830. The van der Waals surface area contributed by atoms with Gasteiger partial charge in [0, 0.05) is 6.20 Å². The largest absolute Gasteiger partial charge is 0.420 e. The van der Waals surface area contributed by atoms with Crippen molar-refractivity contribution in [2.45, 2.75) is 20.0 Å². The number of thiazole rings is 1. The number of hydrogen-bond donors (Lipinski definition) is 0. The molecular weight excluding hydrogens is 412 g/mol. The van der Waals surface area contributed by atoms with E-state index in [0.717, 1.165) is 21.5 Å². The Morgan fingerprint density at radius 2 is 1.94 bits per heavy atom. The number of pyridine rings is 1. The summed E-state index contributed by atoms with van der Waals surface area (Å²) in [6.07, 6.45) is 1.69. The molecule has 5 rings (SSSR count). The second-order valence-corrected chi connectivity index (χ2v) is 8.15. The second-order valence-electron chi connectivity index (χ2n) is 7.14. The van der Waals surface area contributed by atoms with Crippen LogP contribution in [0.25, 0.3) is 21.3 Å². The average molecular weight is 430 g/mol. The molecule has 8 heteroatoms. The van der Waals surface area contributed by atoms with Gasteiger partial charge in [-0.1, -0.05) is 41.7 Å². The normalized spacial score (nSPS) is 11.3. The number of fused-ring (bicyclic) bond motifs is 2. The number of para-hydroxylation sites is 3. The molecule has 31 heavy (non-hydrogen) atoms. The van der Waals surface area contributed by atoms with Gasteiger partial charge in [-0.15, -0.1) is 0 Å². The van der Waals surface area contributed by atoms with E-state index in [-0.39, 0.29) is 19.0 Å². The summed E-state index contributed by atoms with van der Waals surface area (Å²) in [6.45, 7) is 2.09. The first kappa shape index (κ1) is 19.2. The molecule has 0 aliphatic carbocycles. The van der Waals surface area contributed by atoms with E-state index in [1.807, 2.05) is 43.3 Å². The quantitative estimate of drug-likeness (QED) is 0.419. The molecule has 0 spiro atoms. The Morgan fingerprint density at radius 1 is 1.10 bits per heavy atom. The first-order chi connectivity index (χ1) is 15.1. The van der Waals surface area contributed by atoms with Crippen molar-refractivity contribution in [3.05, 3.63) is 88.7 Å². The molecule has 0 fully saturated rings. The molecule has 0 atom stereocenters. The number of aromatic nitrogens is 3. The molecule has 0 aliphatic heterocycles. The van der Waals surface area contributed by atoms with Gasteiger partial charge in [-0.25, -0.2) is 9.78 Å². The fourth-order valence-electron chi connectivity index (χ4n) is 3.49. The molecular formula is C23H18N4O3S. The van der Waals surface area contributed by atoms with E-state index in [2.05, 4.69) is 4.98 Å². The van der Waals surface area contributed by atoms with Crippen LogP contribution in [0.4, 0.5) is 5.13 Å². The lowest BCUT2D eigenvalue weighted by Gasteiger charge is -2.19. The summed E-state index contributed by atoms with van der Waals surface area (Å²) < 4.78 is 7.63. The fraction of sp³-hybridized carbons (Fsp3) is 0.130. The molecule has 0 bridgehead atoms. The van der Waals surface area contributed by atoms with Gasteiger partial charge in [0.1, 0.15) is 6.54 Å². The van der Waals surface area contributed by atoms with Gasteiger partial charge >= 0.3 is 5.76 Å². The third kappa shape index (κ3) is 3.62. The molecule has 0 saturated carbocycles. The van der Waals surface area contributed by atoms with Crippen molar-refractivity contribution in [3.8, 4) is 0 Å². The van der Waals surface area contributed by atoms with Gasteiger partial charge in [-0.2, -0.15) is 0 Å². The Balaban J connectivity index is 1.55. The van der Waals surface area contributed by atoms with Crippen molar-refractivity contribution < 1.29 is 9.21 Å². The zero-order valence-corrected chi connectivity index (χ0v) is 17.5. The number of hydrogen-bond acceptors (Lipinski definition) is 6. The number of benzene rings is 2. The summed E-state index contributed by atoms with van der Waals surface area (Å²) in [6, 6.07) is 18.6. The van der Waals surface area contributed by atoms with Crippen molar-refractivity contribution in [3.63, 3.8) is 0 Å². The van der Waals surface area contributed by atoms with E-state index in [4.69, 9.17) is 9.40 Å². The van der Waals surface area contributed by atoms with Gasteiger partial charge < -0.3 is 4.42 Å².